The molecule has 0 aliphatic rings. The summed E-state index contributed by atoms with van der Waals surface area (Å²) in [7, 11) is 0. The first-order valence-corrected chi connectivity index (χ1v) is 9.32. The second kappa shape index (κ2) is 11.9. The first kappa shape index (κ1) is 21.5. The Hall–Kier alpha value is -2.52. The lowest BCUT2D eigenvalue weighted by atomic mass is 10.1. The van der Waals surface area contributed by atoms with Gasteiger partial charge in [0.1, 0.15) is 0 Å². The lowest BCUT2D eigenvalue weighted by molar-refractivity contribution is 0.919. The van der Waals surface area contributed by atoms with Gasteiger partial charge < -0.3 is 11.1 Å². The average molecular weight is 350 g/mol. The number of rotatable bonds is 4. The number of hydrogen-bond donors (Lipinski definition) is 2. The van der Waals surface area contributed by atoms with Crippen molar-refractivity contribution < 1.29 is 0 Å². The van der Waals surface area contributed by atoms with Gasteiger partial charge in [0.2, 0.25) is 0 Å². The fourth-order valence-corrected chi connectivity index (χ4v) is 2.44. The van der Waals surface area contributed by atoms with E-state index in [1.54, 1.807) is 13.1 Å². The van der Waals surface area contributed by atoms with Gasteiger partial charge in [-0.3, -0.25) is 4.98 Å². The van der Waals surface area contributed by atoms with E-state index in [0.717, 1.165) is 16.5 Å². The van der Waals surface area contributed by atoms with Crippen LogP contribution in [0.15, 0.2) is 60.8 Å². The highest BCUT2D eigenvalue weighted by atomic mass is 14.6. The molecule has 3 aromatic rings. The van der Waals surface area contributed by atoms with E-state index >= 15 is 0 Å². The van der Waals surface area contributed by atoms with Gasteiger partial charge in [0.25, 0.3) is 0 Å². The normalized spacial score (nSPS) is 9.58. The summed E-state index contributed by atoms with van der Waals surface area (Å²) in [6.45, 7) is 8.63. The van der Waals surface area contributed by atoms with Crippen molar-refractivity contribution in [3.05, 3.63) is 77.5 Å². The monoisotopic (exact) mass is 349 g/mol. The molecule has 0 aliphatic carbocycles. The number of fused-ring (bicyclic) bond motifs is 1. The van der Waals surface area contributed by atoms with Gasteiger partial charge in [0.05, 0.1) is 5.52 Å². The summed E-state index contributed by atoms with van der Waals surface area (Å²) >= 11 is 0. The van der Waals surface area contributed by atoms with Gasteiger partial charge in [-0.25, -0.2) is 0 Å². The average Bonchev–Trinajstić information content (AvgIpc) is 2.70. The van der Waals surface area contributed by atoms with E-state index in [4.69, 9.17) is 11.1 Å². The summed E-state index contributed by atoms with van der Waals surface area (Å²) in [6, 6.07) is 18.3. The summed E-state index contributed by atoms with van der Waals surface area (Å²) in [5.74, 6) is 0. The van der Waals surface area contributed by atoms with Crippen LogP contribution in [0.5, 0.6) is 0 Å². The summed E-state index contributed by atoms with van der Waals surface area (Å²) in [5, 5.41) is 8.58. The van der Waals surface area contributed by atoms with Crippen LogP contribution in [0.1, 0.15) is 50.8 Å². The highest BCUT2D eigenvalue weighted by molar-refractivity contribution is 5.99. The molecule has 0 radical (unpaired) electrons. The summed E-state index contributed by atoms with van der Waals surface area (Å²) < 4.78 is 0. The molecule has 3 rings (SSSR count). The number of nitrogens with zero attached hydrogens (tertiary/aromatic N) is 1. The molecule has 1 aromatic heterocycles. The molecule has 0 bridgehead atoms. The van der Waals surface area contributed by atoms with Gasteiger partial charge in [0.15, 0.2) is 0 Å². The summed E-state index contributed by atoms with van der Waals surface area (Å²) in [5.41, 5.74) is 10.6. The highest BCUT2D eigenvalue weighted by Crippen LogP contribution is 2.13. The molecule has 2 aromatic carbocycles. The number of aryl methyl sites for hydroxylation is 1. The molecule has 26 heavy (non-hydrogen) atoms. The van der Waals surface area contributed by atoms with Crippen molar-refractivity contribution in [3.8, 4) is 0 Å². The third-order valence-electron chi connectivity index (χ3n) is 3.83. The molecular formula is C23H31N3. The zero-order chi connectivity index (χ0) is 19.4. The minimum atomic E-state index is 0.589. The molecule has 3 nitrogen and oxygen atoms in total. The molecule has 3 heteroatoms. The van der Waals surface area contributed by atoms with Crippen molar-refractivity contribution in [2.75, 3.05) is 0 Å². The van der Waals surface area contributed by atoms with E-state index < -0.39 is 0 Å². The fraction of sp³-hybridized carbons (Fsp3) is 0.304. The molecule has 0 fully saturated rings. The molecule has 0 spiro atoms. The van der Waals surface area contributed by atoms with Crippen LogP contribution in [0.4, 0.5) is 0 Å². The molecule has 0 unspecified atom stereocenters. The number of pyridine rings is 1. The summed E-state index contributed by atoms with van der Waals surface area (Å²) in [6.07, 6.45) is 4.16. The quantitative estimate of drug-likeness (QED) is 0.589. The SMILES string of the molecule is CC.CC(=N)c1ccc2ncccc2c1.CCCc1ccc(CN)cc1. The van der Waals surface area contributed by atoms with E-state index in [1.165, 1.54) is 24.0 Å². The maximum absolute atomic E-state index is 7.49. The van der Waals surface area contributed by atoms with E-state index in [-0.39, 0.29) is 0 Å². The van der Waals surface area contributed by atoms with E-state index in [2.05, 4.69) is 36.2 Å². The van der Waals surface area contributed by atoms with Crippen molar-refractivity contribution in [2.24, 2.45) is 5.73 Å². The molecule has 0 amide bonds. The Labute approximate surface area is 157 Å². The van der Waals surface area contributed by atoms with Gasteiger partial charge in [-0.15, -0.1) is 0 Å². The fourth-order valence-electron chi connectivity index (χ4n) is 2.44. The predicted molar refractivity (Wildman–Crippen MR) is 114 cm³/mol. The van der Waals surface area contributed by atoms with Crippen LogP contribution in [0, 0.1) is 5.41 Å². The van der Waals surface area contributed by atoms with Crippen LogP contribution in [0.3, 0.4) is 0 Å². The van der Waals surface area contributed by atoms with E-state index in [9.17, 15) is 0 Å². The smallest absolute Gasteiger partial charge is 0.0702 e. The van der Waals surface area contributed by atoms with Crippen LogP contribution in [-0.4, -0.2) is 10.7 Å². The van der Waals surface area contributed by atoms with Gasteiger partial charge in [-0.05, 0) is 48.2 Å². The second-order valence-electron chi connectivity index (χ2n) is 5.81. The zero-order valence-electron chi connectivity index (χ0n) is 16.4. The van der Waals surface area contributed by atoms with Gasteiger partial charge in [-0.1, -0.05) is 63.6 Å². The lowest BCUT2D eigenvalue weighted by Crippen LogP contribution is -1.95. The van der Waals surface area contributed by atoms with Crippen molar-refractivity contribution in [3.63, 3.8) is 0 Å². The Morgan fingerprint density at radius 1 is 1.00 bits per heavy atom. The largest absolute Gasteiger partial charge is 0.326 e. The highest BCUT2D eigenvalue weighted by Gasteiger charge is 1.97. The number of benzene rings is 2. The second-order valence-corrected chi connectivity index (χ2v) is 5.81. The zero-order valence-corrected chi connectivity index (χ0v) is 16.4. The Morgan fingerprint density at radius 3 is 2.23 bits per heavy atom. The van der Waals surface area contributed by atoms with Crippen LogP contribution in [-0.2, 0) is 13.0 Å². The third kappa shape index (κ3) is 6.77. The Kier molecular flexibility index (Phi) is 9.88. The molecule has 0 saturated heterocycles. The van der Waals surface area contributed by atoms with Crippen molar-refractivity contribution in [2.45, 2.75) is 47.1 Å². The minimum absolute atomic E-state index is 0.589. The third-order valence-corrected chi connectivity index (χ3v) is 3.83. The molecule has 0 aliphatic heterocycles. The van der Waals surface area contributed by atoms with Gasteiger partial charge in [-0.2, -0.15) is 0 Å². The van der Waals surface area contributed by atoms with Crippen molar-refractivity contribution in [1.82, 2.24) is 4.98 Å². The molecule has 0 saturated carbocycles. The Balaban J connectivity index is 0.000000241. The first-order valence-electron chi connectivity index (χ1n) is 9.32. The van der Waals surface area contributed by atoms with E-state index in [1.807, 2.05) is 44.2 Å². The minimum Gasteiger partial charge on any atom is -0.326 e. The summed E-state index contributed by atoms with van der Waals surface area (Å²) in [4.78, 5) is 4.21. The Bertz CT molecular complexity index is 792. The lowest BCUT2D eigenvalue weighted by Gasteiger charge is -2.00. The molecule has 138 valence electrons. The van der Waals surface area contributed by atoms with Crippen LogP contribution >= 0.6 is 0 Å². The topological polar surface area (TPSA) is 62.8 Å². The van der Waals surface area contributed by atoms with Crippen LogP contribution in [0.2, 0.25) is 0 Å². The van der Waals surface area contributed by atoms with Gasteiger partial charge in [0, 0.05) is 23.8 Å². The van der Waals surface area contributed by atoms with Crippen LogP contribution < -0.4 is 5.73 Å². The van der Waals surface area contributed by atoms with Crippen molar-refractivity contribution in [1.29, 1.82) is 5.41 Å². The number of nitrogens with one attached hydrogen (secondary N) is 1. The van der Waals surface area contributed by atoms with Gasteiger partial charge >= 0.3 is 0 Å². The van der Waals surface area contributed by atoms with E-state index in [0.29, 0.717) is 12.3 Å². The maximum Gasteiger partial charge on any atom is 0.0702 e. The predicted octanol–water partition coefficient (Wildman–Crippen LogP) is 5.75. The van der Waals surface area contributed by atoms with Crippen LogP contribution in [0.25, 0.3) is 10.9 Å². The standard InChI is InChI=1S/C11H10N2.C10H15N.C2H6/c1-8(12)9-4-5-11-10(7-9)3-2-6-13-11;1-2-3-9-4-6-10(8-11)7-5-9;1-2/h2-7,12H,1H3;4-7H,2-3,8,11H2,1H3;1-2H3. The molecular weight excluding hydrogens is 318 g/mol. The number of aromatic nitrogens is 1. The molecule has 3 N–H and O–H groups in total. The number of nitrogens with two attached hydrogens (primary N) is 1. The number of hydrogen-bond acceptors (Lipinski definition) is 3. The molecule has 1 heterocycles. The first-order chi connectivity index (χ1) is 12.6. The molecule has 0 atom stereocenters. The Morgan fingerprint density at radius 2 is 1.65 bits per heavy atom. The maximum atomic E-state index is 7.49. The van der Waals surface area contributed by atoms with Crippen molar-refractivity contribution >= 4 is 16.6 Å².